The highest BCUT2D eigenvalue weighted by Gasteiger charge is 2.08. The molecule has 0 saturated carbocycles. The molecule has 0 saturated heterocycles. The van der Waals surface area contributed by atoms with Crippen molar-refractivity contribution in [1.82, 2.24) is 10.2 Å². The van der Waals surface area contributed by atoms with Gasteiger partial charge in [-0.2, -0.15) is 0 Å². The number of rotatable bonds is 3. The quantitative estimate of drug-likeness (QED) is 0.798. The smallest absolute Gasteiger partial charge is 0.147 e. The van der Waals surface area contributed by atoms with Crippen molar-refractivity contribution in [2.75, 3.05) is 5.88 Å². The summed E-state index contributed by atoms with van der Waals surface area (Å²) in [4.78, 5) is 0. The number of aromatic nitrogens is 2. The SMILES string of the molecule is Fc1ccc(-c2nnc(CCCl)s2)cc1Cl. The first-order chi connectivity index (χ1) is 7.70. The van der Waals surface area contributed by atoms with Gasteiger partial charge in [0.2, 0.25) is 0 Å². The zero-order chi connectivity index (χ0) is 11.5. The van der Waals surface area contributed by atoms with Gasteiger partial charge in [0, 0.05) is 17.9 Å². The van der Waals surface area contributed by atoms with Gasteiger partial charge in [-0.15, -0.1) is 21.8 Å². The molecule has 2 aromatic rings. The average molecular weight is 277 g/mol. The van der Waals surface area contributed by atoms with Crippen molar-refractivity contribution >= 4 is 34.5 Å². The fourth-order valence-electron chi connectivity index (χ4n) is 1.18. The molecule has 84 valence electrons. The van der Waals surface area contributed by atoms with Crippen molar-refractivity contribution < 1.29 is 4.39 Å². The third-order valence-electron chi connectivity index (χ3n) is 1.94. The second-order valence-corrected chi connectivity index (χ2v) is 4.92. The van der Waals surface area contributed by atoms with Gasteiger partial charge in [0.25, 0.3) is 0 Å². The maximum absolute atomic E-state index is 13.0. The van der Waals surface area contributed by atoms with Gasteiger partial charge in [0.05, 0.1) is 5.02 Å². The van der Waals surface area contributed by atoms with Gasteiger partial charge >= 0.3 is 0 Å². The summed E-state index contributed by atoms with van der Waals surface area (Å²) < 4.78 is 13.0. The van der Waals surface area contributed by atoms with Crippen molar-refractivity contribution in [2.24, 2.45) is 0 Å². The second-order valence-electron chi connectivity index (χ2n) is 3.07. The highest BCUT2D eigenvalue weighted by Crippen LogP contribution is 2.27. The Morgan fingerprint density at radius 2 is 2.12 bits per heavy atom. The highest BCUT2D eigenvalue weighted by molar-refractivity contribution is 7.14. The van der Waals surface area contributed by atoms with Crippen LogP contribution in [0.1, 0.15) is 5.01 Å². The summed E-state index contributed by atoms with van der Waals surface area (Å²) in [7, 11) is 0. The summed E-state index contributed by atoms with van der Waals surface area (Å²) in [6.07, 6.45) is 0.689. The lowest BCUT2D eigenvalue weighted by Gasteiger charge is -1.97. The summed E-state index contributed by atoms with van der Waals surface area (Å²) >= 11 is 12.7. The summed E-state index contributed by atoms with van der Waals surface area (Å²) in [5, 5.41) is 9.67. The molecule has 0 spiro atoms. The summed E-state index contributed by atoms with van der Waals surface area (Å²) in [5.74, 6) is 0.0784. The Labute approximate surface area is 106 Å². The molecule has 2 rings (SSSR count). The van der Waals surface area contributed by atoms with Gasteiger partial charge in [-0.3, -0.25) is 0 Å². The molecule has 0 amide bonds. The van der Waals surface area contributed by atoms with Gasteiger partial charge < -0.3 is 0 Å². The predicted molar refractivity (Wildman–Crippen MR) is 64.7 cm³/mol. The minimum absolute atomic E-state index is 0.0894. The monoisotopic (exact) mass is 276 g/mol. The summed E-state index contributed by atoms with van der Waals surface area (Å²) in [6.45, 7) is 0. The molecule has 0 radical (unpaired) electrons. The van der Waals surface area contributed by atoms with Crippen LogP contribution in [-0.4, -0.2) is 16.1 Å². The first-order valence-electron chi connectivity index (χ1n) is 4.54. The first kappa shape index (κ1) is 11.8. The zero-order valence-electron chi connectivity index (χ0n) is 8.08. The molecule has 6 heteroatoms. The Bertz CT molecular complexity index is 501. The highest BCUT2D eigenvalue weighted by atomic mass is 35.5. The van der Waals surface area contributed by atoms with Crippen LogP contribution in [-0.2, 0) is 6.42 Å². The van der Waals surface area contributed by atoms with Crippen LogP contribution in [0.5, 0.6) is 0 Å². The molecule has 1 aromatic heterocycles. The van der Waals surface area contributed by atoms with E-state index < -0.39 is 5.82 Å². The maximum Gasteiger partial charge on any atom is 0.147 e. The number of benzene rings is 1. The molecule has 0 fully saturated rings. The molecule has 0 atom stereocenters. The van der Waals surface area contributed by atoms with E-state index in [2.05, 4.69) is 10.2 Å². The van der Waals surface area contributed by atoms with E-state index >= 15 is 0 Å². The van der Waals surface area contributed by atoms with E-state index in [-0.39, 0.29) is 5.02 Å². The van der Waals surface area contributed by atoms with Crippen molar-refractivity contribution in [3.05, 3.63) is 34.0 Å². The second kappa shape index (κ2) is 5.08. The third kappa shape index (κ3) is 2.51. The Morgan fingerprint density at radius 3 is 2.81 bits per heavy atom. The van der Waals surface area contributed by atoms with Crippen LogP contribution in [0.3, 0.4) is 0 Å². The molecule has 0 bridgehead atoms. The summed E-state index contributed by atoms with van der Waals surface area (Å²) in [6, 6.07) is 4.49. The average Bonchev–Trinajstić information content (AvgIpc) is 2.71. The fourth-order valence-corrected chi connectivity index (χ4v) is 2.49. The van der Waals surface area contributed by atoms with E-state index in [4.69, 9.17) is 23.2 Å². The van der Waals surface area contributed by atoms with E-state index in [9.17, 15) is 4.39 Å². The third-order valence-corrected chi connectivity index (χ3v) is 3.45. The minimum atomic E-state index is -0.434. The topological polar surface area (TPSA) is 25.8 Å². The van der Waals surface area contributed by atoms with Crippen LogP contribution in [0.15, 0.2) is 18.2 Å². The maximum atomic E-state index is 13.0. The van der Waals surface area contributed by atoms with Crippen molar-refractivity contribution in [2.45, 2.75) is 6.42 Å². The van der Waals surface area contributed by atoms with Gasteiger partial charge in [0.15, 0.2) is 0 Å². The molecular weight excluding hydrogens is 270 g/mol. The Morgan fingerprint density at radius 1 is 1.31 bits per heavy atom. The molecule has 16 heavy (non-hydrogen) atoms. The molecule has 1 heterocycles. The number of halogens is 3. The number of alkyl halides is 1. The van der Waals surface area contributed by atoms with E-state index in [1.165, 1.54) is 17.4 Å². The molecule has 0 aliphatic heterocycles. The van der Waals surface area contributed by atoms with Gasteiger partial charge in [0.1, 0.15) is 15.8 Å². The van der Waals surface area contributed by atoms with Crippen LogP contribution in [0, 0.1) is 5.82 Å². The van der Waals surface area contributed by atoms with E-state index in [1.807, 2.05) is 0 Å². The number of nitrogens with zero attached hydrogens (tertiary/aromatic N) is 2. The van der Waals surface area contributed by atoms with Crippen LogP contribution in [0.4, 0.5) is 4.39 Å². The van der Waals surface area contributed by atoms with Crippen LogP contribution >= 0.6 is 34.5 Å². The first-order valence-corrected chi connectivity index (χ1v) is 6.27. The molecule has 0 aliphatic carbocycles. The van der Waals surface area contributed by atoms with Crippen molar-refractivity contribution in [3.8, 4) is 10.6 Å². The number of hydrogen-bond donors (Lipinski definition) is 0. The Kier molecular flexibility index (Phi) is 3.74. The number of hydrogen-bond acceptors (Lipinski definition) is 3. The minimum Gasteiger partial charge on any atom is -0.205 e. The lowest BCUT2D eigenvalue weighted by molar-refractivity contribution is 0.628. The van der Waals surface area contributed by atoms with E-state index in [1.54, 1.807) is 12.1 Å². The molecule has 0 unspecified atom stereocenters. The fraction of sp³-hybridized carbons (Fsp3) is 0.200. The lowest BCUT2D eigenvalue weighted by atomic mass is 10.2. The molecule has 0 N–H and O–H groups in total. The Balaban J connectivity index is 2.31. The molecule has 1 aromatic carbocycles. The zero-order valence-corrected chi connectivity index (χ0v) is 10.4. The van der Waals surface area contributed by atoms with Gasteiger partial charge in [-0.05, 0) is 18.2 Å². The molecule has 2 nitrogen and oxygen atoms in total. The Hall–Kier alpha value is -0.710. The van der Waals surface area contributed by atoms with E-state index in [0.717, 1.165) is 15.6 Å². The van der Waals surface area contributed by atoms with Gasteiger partial charge in [-0.1, -0.05) is 22.9 Å². The standard InChI is InChI=1S/C10H7Cl2FN2S/c11-4-3-9-14-15-10(16-9)6-1-2-8(13)7(12)5-6/h1-2,5H,3-4H2. The number of aryl methyl sites for hydroxylation is 1. The largest absolute Gasteiger partial charge is 0.205 e. The van der Waals surface area contributed by atoms with Gasteiger partial charge in [-0.25, -0.2) is 4.39 Å². The predicted octanol–water partition coefficient (Wildman–Crippen LogP) is 3.78. The van der Waals surface area contributed by atoms with Crippen LogP contribution < -0.4 is 0 Å². The summed E-state index contributed by atoms with van der Waals surface area (Å²) in [5.41, 5.74) is 0.768. The van der Waals surface area contributed by atoms with Crippen molar-refractivity contribution in [3.63, 3.8) is 0 Å². The molecular formula is C10H7Cl2FN2S. The van der Waals surface area contributed by atoms with Crippen molar-refractivity contribution in [1.29, 1.82) is 0 Å². The lowest BCUT2D eigenvalue weighted by Crippen LogP contribution is -1.83. The van der Waals surface area contributed by atoms with E-state index in [0.29, 0.717) is 12.3 Å². The normalized spacial score (nSPS) is 10.7. The molecule has 0 aliphatic rings. The van der Waals surface area contributed by atoms with Crippen LogP contribution in [0.2, 0.25) is 5.02 Å². The van der Waals surface area contributed by atoms with Crippen LogP contribution in [0.25, 0.3) is 10.6 Å².